The first-order valence-electron chi connectivity index (χ1n) is 9.55. The number of likely N-dealkylation sites (tertiary alicyclic amines) is 1. The highest BCUT2D eigenvalue weighted by Crippen LogP contribution is 2.40. The summed E-state index contributed by atoms with van der Waals surface area (Å²) in [7, 11) is 0. The maximum Gasteiger partial charge on any atom is 0.122 e. The van der Waals surface area contributed by atoms with Crippen molar-refractivity contribution in [3.63, 3.8) is 0 Å². The molecule has 1 saturated heterocycles. The summed E-state index contributed by atoms with van der Waals surface area (Å²) in [5.41, 5.74) is 9.07. The molecule has 1 saturated carbocycles. The molecule has 1 aliphatic carbocycles. The van der Waals surface area contributed by atoms with E-state index in [1.54, 1.807) is 0 Å². The monoisotopic (exact) mass is 330 g/mol. The lowest BCUT2D eigenvalue weighted by molar-refractivity contribution is -0.0648. The molecule has 24 heavy (non-hydrogen) atoms. The van der Waals surface area contributed by atoms with Crippen LogP contribution in [0.1, 0.15) is 48.5 Å². The van der Waals surface area contributed by atoms with E-state index < -0.39 is 0 Å². The van der Waals surface area contributed by atoms with Gasteiger partial charge in [-0.25, -0.2) is 0 Å². The Labute approximate surface area is 145 Å². The SMILES string of the molecule is Cc1ccc2c(c1O)C[C@@H](C1CCN(CC3CC3)CC1)OC2CN. The minimum atomic E-state index is -0.0743. The van der Waals surface area contributed by atoms with Crippen molar-refractivity contribution in [3.05, 3.63) is 28.8 Å². The number of rotatable bonds is 4. The first kappa shape index (κ1) is 16.4. The number of benzene rings is 1. The van der Waals surface area contributed by atoms with Crippen molar-refractivity contribution in [1.29, 1.82) is 0 Å². The molecule has 1 unspecified atom stereocenters. The van der Waals surface area contributed by atoms with E-state index >= 15 is 0 Å². The summed E-state index contributed by atoms with van der Waals surface area (Å²) in [6.45, 7) is 6.13. The lowest BCUT2D eigenvalue weighted by Gasteiger charge is -2.40. The van der Waals surface area contributed by atoms with Crippen LogP contribution < -0.4 is 5.73 Å². The van der Waals surface area contributed by atoms with Gasteiger partial charge in [-0.15, -0.1) is 0 Å². The second-order valence-corrected chi connectivity index (χ2v) is 7.98. The van der Waals surface area contributed by atoms with E-state index in [-0.39, 0.29) is 12.2 Å². The Kier molecular flexibility index (Phi) is 4.54. The summed E-state index contributed by atoms with van der Waals surface area (Å²) >= 11 is 0. The van der Waals surface area contributed by atoms with E-state index in [2.05, 4.69) is 11.0 Å². The third-order valence-corrected chi connectivity index (χ3v) is 6.20. The van der Waals surface area contributed by atoms with Gasteiger partial charge in [0.05, 0.1) is 12.2 Å². The number of aromatic hydroxyl groups is 1. The summed E-state index contributed by atoms with van der Waals surface area (Å²) in [5, 5.41) is 10.5. The third-order valence-electron chi connectivity index (χ3n) is 6.20. The molecule has 132 valence electrons. The van der Waals surface area contributed by atoms with Gasteiger partial charge in [-0.3, -0.25) is 0 Å². The number of ether oxygens (including phenoxy) is 1. The van der Waals surface area contributed by atoms with Gasteiger partial charge in [0.1, 0.15) is 5.75 Å². The number of nitrogens with two attached hydrogens (primary N) is 1. The van der Waals surface area contributed by atoms with Crippen LogP contribution in [-0.2, 0) is 11.2 Å². The smallest absolute Gasteiger partial charge is 0.122 e. The fourth-order valence-corrected chi connectivity index (χ4v) is 4.45. The number of hydrogen-bond acceptors (Lipinski definition) is 4. The Morgan fingerprint density at radius 3 is 2.62 bits per heavy atom. The van der Waals surface area contributed by atoms with E-state index in [1.807, 2.05) is 13.0 Å². The summed E-state index contributed by atoms with van der Waals surface area (Å²) in [6, 6.07) is 4.05. The van der Waals surface area contributed by atoms with Gasteiger partial charge in [-0.05, 0) is 68.7 Å². The van der Waals surface area contributed by atoms with Crippen molar-refractivity contribution in [2.24, 2.45) is 17.6 Å². The number of piperidine rings is 1. The number of phenolic OH excluding ortho intramolecular Hbond substituents is 1. The maximum absolute atomic E-state index is 10.5. The average molecular weight is 330 g/mol. The lowest BCUT2D eigenvalue weighted by Crippen LogP contribution is -2.42. The highest BCUT2D eigenvalue weighted by molar-refractivity contribution is 5.47. The first-order chi connectivity index (χ1) is 11.7. The zero-order valence-corrected chi connectivity index (χ0v) is 14.7. The van der Waals surface area contributed by atoms with Crippen LogP contribution in [0, 0.1) is 18.8 Å². The maximum atomic E-state index is 10.5. The molecule has 1 aromatic carbocycles. The van der Waals surface area contributed by atoms with Crippen LogP contribution in [0.15, 0.2) is 12.1 Å². The molecule has 1 aromatic rings. The second kappa shape index (κ2) is 6.66. The van der Waals surface area contributed by atoms with E-state index in [9.17, 15) is 5.11 Å². The van der Waals surface area contributed by atoms with Gasteiger partial charge >= 0.3 is 0 Å². The molecule has 2 heterocycles. The molecular weight excluding hydrogens is 300 g/mol. The van der Waals surface area contributed by atoms with Crippen LogP contribution >= 0.6 is 0 Å². The van der Waals surface area contributed by atoms with Crippen molar-refractivity contribution in [2.45, 2.75) is 51.2 Å². The summed E-state index contributed by atoms with van der Waals surface area (Å²) in [5.74, 6) is 2.01. The van der Waals surface area contributed by atoms with Crippen molar-refractivity contribution in [1.82, 2.24) is 4.90 Å². The summed E-state index contributed by atoms with van der Waals surface area (Å²) in [4.78, 5) is 2.63. The van der Waals surface area contributed by atoms with E-state index in [4.69, 9.17) is 10.5 Å². The molecule has 2 aliphatic heterocycles. The largest absolute Gasteiger partial charge is 0.507 e. The molecule has 0 aromatic heterocycles. The molecule has 4 nitrogen and oxygen atoms in total. The Morgan fingerprint density at radius 1 is 1.21 bits per heavy atom. The van der Waals surface area contributed by atoms with Crippen LogP contribution in [0.4, 0.5) is 0 Å². The van der Waals surface area contributed by atoms with E-state index in [1.165, 1.54) is 45.3 Å². The lowest BCUT2D eigenvalue weighted by atomic mass is 9.83. The van der Waals surface area contributed by atoms with Gasteiger partial charge in [0.25, 0.3) is 0 Å². The number of phenols is 1. The minimum Gasteiger partial charge on any atom is -0.507 e. The third kappa shape index (κ3) is 3.19. The molecule has 3 N–H and O–H groups in total. The number of nitrogens with zero attached hydrogens (tertiary/aromatic N) is 1. The fourth-order valence-electron chi connectivity index (χ4n) is 4.45. The van der Waals surface area contributed by atoms with E-state index in [0.717, 1.165) is 29.0 Å². The molecule has 0 radical (unpaired) electrons. The molecule has 0 amide bonds. The normalized spacial score (nSPS) is 28.8. The number of aryl methyl sites for hydroxylation is 1. The van der Waals surface area contributed by atoms with Gasteiger partial charge in [-0.2, -0.15) is 0 Å². The van der Waals surface area contributed by atoms with Crippen LogP contribution in [-0.4, -0.2) is 42.3 Å². The van der Waals surface area contributed by atoms with Gasteiger partial charge in [0, 0.05) is 25.1 Å². The van der Waals surface area contributed by atoms with Gasteiger partial charge in [-0.1, -0.05) is 12.1 Å². The molecule has 0 spiro atoms. The van der Waals surface area contributed by atoms with Gasteiger partial charge < -0.3 is 20.5 Å². The fraction of sp³-hybridized carbons (Fsp3) is 0.700. The molecular formula is C20H30N2O2. The average Bonchev–Trinajstić information content (AvgIpc) is 3.42. The van der Waals surface area contributed by atoms with Crippen LogP contribution in [0.2, 0.25) is 0 Å². The predicted octanol–water partition coefficient (Wildman–Crippen LogP) is 2.76. The minimum absolute atomic E-state index is 0.0743. The zero-order chi connectivity index (χ0) is 16.7. The number of hydrogen-bond donors (Lipinski definition) is 2. The van der Waals surface area contributed by atoms with Gasteiger partial charge in [0.2, 0.25) is 0 Å². The van der Waals surface area contributed by atoms with Crippen LogP contribution in [0.25, 0.3) is 0 Å². The summed E-state index contributed by atoms with van der Waals surface area (Å²) in [6.07, 6.45) is 6.22. The highest BCUT2D eigenvalue weighted by atomic mass is 16.5. The van der Waals surface area contributed by atoms with Crippen LogP contribution in [0.5, 0.6) is 5.75 Å². The van der Waals surface area contributed by atoms with Crippen molar-refractivity contribution >= 4 is 0 Å². The van der Waals surface area contributed by atoms with Crippen LogP contribution in [0.3, 0.4) is 0 Å². The zero-order valence-electron chi connectivity index (χ0n) is 14.7. The van der Waals surface area contributed by atoms with Crippen molar-refractivity contribution in [3.8, 4) is 5.75 Å². The molecule has 0 bridgehead atoms. The predicted molar refractivity (Wildman–Crippen MR) is 95.1 cm³/mol. The van der Waals surface area contributed by atoms with E-state index in [0.29, 0.717) is 18.2 Å². The van der Waals surface area contributed by atoms with Gasteiger partial charge in [0.15, 0.2) is 0 Å². The molecule has 2 atom stereocenters. The topological polar surface area (TPSA) is 58.7 Å². The standard InChI is InChI=1S/C20H30N2O2/c1-13-2-5-16-17(20(13)23)10-18(24-19(16)11-21)15-6-8-22(9-7-15)12-14-3-4-14/h2,5,14-15,18-19,23H,3-4,6-12,21H2,1H3/t18-,19?/m0/s1. The summed E-state index contributed by atoms with van der Waals surface area (Å²) < 4.78 is 6.37. The Hall–Kier alpha value is -1.10. The number of fused-ring (bicyclic) bond motifs is 1. The van der Waals surface area contributed by atoms with Crippen molar-refractivity contribution in [2.75, 3.05) is 26.2 Å². The molecule has 4 rings (SSSR count). The second-order valence-electron chi connectivity index (χ2n) is 7.98. The Bertz CT molecular complexity index is 592. The Balaban J connectivity index is 1.46. The molecule has 4 heteroatoms. The van der Waals surface area contributed by atoms with Crippen molar-refractivity contribution < 1.29 is 9.84 Å². The first-order valence-corrected chi connectivity index (χ1v) is 9.55. The molecule has 3 aliphatic rings. The quantitative estimate of drug-likeness (QED) is 0.891. The molecule has 2 fully saturated rings. The highest BCUT2D eigenvalue weighted by Gasteiger charge is 2.36. The Morgan fingerprint density at radius 2 is 1.96 bits per heavy atom.